The van der Waals surface area contributed by atoms with Crippen LogP contribution in [0.3, 0.4) is 0 Å². The Bertz CT molecular complexity index is 546. The summed E-state index contributed by atoms with van der Waals surface area (Å²) in [5.74, 6) is -0.278. The molecular weight excluding hydrogens is 232 g/mol. The minimum atomic E-state index is -0.981. The number of hydrogen-bond acceptors (Lipinski definition) is 3. The molecule has 0 saturated carbocycles. The molecule has 0 amide bonds. The van der Waals surface area contributed by atoms with E-state index in [0.717, 1.165) is 5.56 Å². The zero-order chi connectivity index (χ0) is 13.0. The fraction of sp³-hybridized carbons (Fsp3) is 0.0714. The number of rotatable bonds is 4. The van der Waals surface area contributed by atoms with E-state index in [1.165, 1.54) is 12.1 Å². The molecule has 0 aromatic heterocycles. The normalized spacial score (nSPS) is 10.0. The van der Waals surface area contributed by atoms with Crippen LogP contribution in [0.15, 0.2) is 48.5 Å². The molecule has 4 nitrogen and oxygen atoms in total. The number of aromatic hydroxyl groups is 1. The second-order valence-electron chi connectivity index (χ2n) is 3.79. The Hall–Kier alpha value is -2.49. The average Bonchev–Trinajstić information content (AvgIpc) is 2.38. The van der Waals surface area contributed by atoms with E-state index in [4.69, 9.17) is 14.9 Å². The Balaban J connectivity index is 2.04. The van der Waals surface area contributed by atoms with Gasteiger partial charge in [0.15, 0.2) is 0 Å². The maximum Gasteiger partial charge on any atom is 0.335 e. The second-order valence-corrected chi connectivity index (χ2v) is 3.79. The fourth-order valence-corrected chi connectivity index (χ4v) is 1.48. The molecule has 0 aliphatic carbocycles. The number of carboxylic acids is 1. The molecule has 0 bridgehead atoms. The molecule has 0 saturated heterocycles. The van der Waals surface area contributed by atoms with Crippen molar-refractivity contribution in [3.8, 4) is 11.5 Å². The van der Waals surface area contributed by atoms with Crippen molar-refractivity contribution in [2.75, 3.05) is 0 Å². The lowest BCUT2D eigenvalue weighted by molar-refractivity contribution is 0.0696. The van der Waals surface area contributed by atoms with Gasteiger partial charge in [0.05, 0.1) is 5.56 Å². The van der Waals surface area contributed by atoms with Crippen LogP contribution in [0.5, 0.6) is 11.5 Å². The number of aromatic carboxylic acids is 1. The van der Waals surface area contributed by atoms with Crippen molar-refractivity contribution >= 4 is 5.97 Å². The molecule has 2 aromatic carbocycles. The van der Waals surface area contributed by atoms with Crippen LogP contribution in [0.25, 0.3) is 0 Å². The Kier molecular flexibility index (Phi) is 3.48. The fourth-order valence-electron chi connectivity index (χ4n) is 1.48. The van der Waals surface area contributed by atoms with Crippen molar-refractivity contribution in [2.45, 2.75) is 6.61 Å². The summed E-state index contributed by atoms with van der Waals surface area (Å²) in [6.45, 7) is 0.323. The first kappa shape index (κ1) is 12.0. The highest BCUT2D eigenvalue weighted by Gasteiger charge is 2.03. The Morgan fingerprint density at radius 1 is 1.11 bits per heavy atom. The number of benzene rings is 2. The zero-order valence-corrected chi connectivity index (χ0v) is 9.54. The van der Waals surface area contributed by atoms with Gasteiger partial charge in [0.1, 0.15) is 18.1 Å². The van der Waals surface area contributed by atoms with Crippen LogP contribution in [0.4, 0.5) is 0 Å². The molecule has 2 N–H and O–H groups in total. The van der Waals surface area contributed by atoms with Crippen LogP contribution >= 0.6 is 0 Å². The third kappa shape index (κ3) is 3.01. The number of carbonyl (C=O) groups is 1. The lowest BCUT2D eigenvalue weighted by atomic mass is 10.2. The molecule has 0 spiro atoms. The highest BCUT2D eigenvalue weighted by Crippen LogP contribution is 2.16. The predicted octanol–water partition coefficient (Wildman–Crippen LogP) is 2.67. The van der Waals surface area contributed by atoms with E-state index in [-0.39, 0.29) is 11.3 Å². The molecule has 0 aliphatic rings. The van der Waals surface area contributed by atoms with Crippen LogP contribution in [0, 0.1) is 0 Å². The van der Waals surface area contributed by atoms with Gasteiger partial charge in [-0.05, 0) is 35.9 Å². The molecule has 0 aliphatic heterocycles. The average molecular weight is 244 g/mol. The summed E-state index contributed by atoms with van der Waals surface area (Å²) >= 11 is 0. The molecule has 92 valence electrons. The molecule has 4 heteroatoms. The molecular formula is C14H12O4. The van der Waals surface area contributed by atoms with Crippen molar-refractivity contribution in [1.29, 1.82) is 0 Å². The smallest absolute Gasteiger partial charge is 0.335 e. The number of carboxylic acid groups (broad SMARTS) is 1. The lowest BCUT2D eigenvalue weighted by Crippen LogP contribution is -1.99. The standard InChI is InChI=1S/C14H12O4/c15-12-6-4-10(5-7-12)9-18-13-3-1-2-11(8-13)14(16)17/h1-8,15H,9H2,(H,16,17). The third-order valence-electron chi connectivity index (χ3n) is 2.42. The van der Waals surface area contributed by atoms with E-state index in [1.54, 1.807) is 36.4 Å². The van der Waals surface area contributed by atoms with Crippen molar-refractivity contribution in [1.82, 2.24) is 0 Å². The minimum absolute atomic E-state index is 0.193. The largest absolute Gasteiger partial charge is 0.508 e. The SMILES string of the molecule is O=C(O)c1cccc(OCc2ccc(O)cc2)c1. The molecule has 2 aromatic rings. The first-order chi connectivity index (χ1) is 8.65. The van der Waals surface area contributed by atoms with Gasteiger partial charge >= 0.3 is 5.97 Å². The van der Waals surface area contributed by atoms with Gasteiger partial charge in [0.2, 0.25) is 0 Å². The number of hydrogen-bond donors (Lipinski definition) is 2. The Morgan fingerprint density at radius 2 is 1.83 bits per heavy atom. The van der Waals surface area contributed by atoms with E-state index >= 15 is 0 Å². The highest BCUT2D eigenvalue weighted by atomic mass is 16.5. The van der Waals surface area contributed by atoms with Crippen LogP contribution < -0.4 is 4.74 Å². The van der Waals surface area contributed by atoms with E-state index in [0.29, 0.717) is 12.4 Å². The van der Waals surface area contributed by atoms with Crippen molar-refractivity contribution in [3.05, 3.63) is 59.7 Å². The Labute approximate surface area is 104 Å². The van der Waals surface area contributed by atoms with Crippen LogP contribution in [0.1, 0.15) is 15.9 Å². The molecule has 0 heterocycles. The lowest BCUT2D eigenvalue weighted by Gasteiger charge is -2.07. The summed E-state index contributed by atoms with van der Waals surface area (Å²) in [5, 5.41) is 18.0. The quantitative estimate of drug-likeness (QED) is 0.867. The van der Waals surface area contributed by atoms with Gasteiger partial charge in [-0.25, -0.2) is 4.79 Å². The Morgan fingerprint density at radius 3 is 2.50 bits per heavy atom. The molecule has 0 fully saturated rings. The van der Waals surface area contributed by atoms with E-state index in [2.05, 4.69) is 0 Å². The first-order valence-corrected chi connectivity index (χ1v) is 5.39. The van der Waals surface area contributed by atoms with Crippen LogP contribution in [-0.2, 0) is 6.61 Å². The molecule has 0 radical (unpaired) electrons. The van der Waals surface area contributed by atoms with E-state index in [9.17, 15) is 4.79 Å². The second kappa shape index (κ2) is 5.23. The minimum Gasteiger partial charge on any atom is -0.508 e. The summed E-state index contributed by atoms with van der Waals surface area (Å²) in [5.41, 5.74) is 1.09. The van der Waals surface area contributed by atoms with Crippen LogP contribution in [0.2, 0.25) is 0 Å². The van der Waals surface area contributed by atoms with Gasteiger partial charge in [-0.3, -0.25) is 0 Å². The van der Waals surface area contributed by atoms with Gasteiger partial charge in [-0.2, -0.15) is 0 Å². The highest BCUT2D eigenvalue weighted by molar-refractivity contribution is 5.87. The summed E-state index contributed by atoms with van der Waals surface area (Å²) in [6, 6.07) is 13.0. The van der Waals surface area contributed by atoms with Gasteiger partial charge in [-0.1, -0.05) is 18.2 Å². The zero-order valence-electron chi connectivity index (χ0n) is 9.54. The summed E-state index contributed by atoms with van der Waals surface area (Å²) in [7, 11) is 0. The van der Waals surface area contributed by atoms with Crippen molar-refractivity contribution < 1.29 is 19.7 Å². The van der Waals surface area contributed by atoms with Gasteiger partial charge in [0.25, 0.3) is 0 Å². The topological polar surface area (TPSA) is 66.8 Å². The van der Waals surface area contributed by atoms with E-state index in [1.807, 2.05) is 0 Å². The summed E-state index contributed by atoms with van der Waals surface area (Å²) in [4.78, 5) is 10.8. The number of phenols is 1. The van der Waals surface area contributed by atoms with E-state index < -0.39 is 5.97 Å². The van der Waals surface area contributed by atoms with Gasteiger partial charge in [0, 0.05) is 0 Å². The molecule has 0 unspecified atom stereocenters. The predicted molar refractivity (Wildman–Crippen MR) is 65.8 cm³/mol. The van der Waals surface area contributed by atoms with Gasteiger partial charge in [-0.15, -0.1) is 0 Å². The van der Waals surface area contributed by atoms with Crippen molar-refractivity contribution in [3.63, 3.8) is 0 Å². The third-order valence-corrected chi connectivity index (χ3v) is 2.42. The number of phenolic OH excluding ortho intramolecular Hbond substituents is 1. The van der Waals surface area contributed by atoms with Crippen LogP contribution in [-0.4, -0.2) is 16.2 Å². The molecule has 2 rings (SSSR count). The maximum atomic E-state index is 10.8. The summed E-state index contributed by atoms with van der Waals surface area (Å²) in [6.07, 6.45) is 0. The first-order valence-electron chi connectivity index (χ1n) is 5.39. The summed E-state index contributed by atoms with van der Waals surface area (Å²) < 4.78 is 5.48. The molecule has 18 heavy (non-hydrogen) atoms. The maximum absolute atomic E-state index is 10.8. The molecule has 0 atom stereocenters. The number of ether oxygens (including phenoxy) is 1. The monoisotopic (exact) mass is 244 g/mol. The van der Waals surface area contributed by atoms with Gasteiger partial charge < -0.3 is 14.9 Å². The van der Waals surface area contributed by atoms with Crippen molar-refractivity contribution in [2.24, 2.45) is 0 Å².